The molecule has 0 spiro atoms. The molecule has 0 amide bonds. The second kappa shape index (κ2) is 12.5. The minimum absolute atomic E-state index is 0.0589. The summed E-state index contributed by atoms with van der Waals surface area (Å²) in [5.74, 6) is 2.01. The normalized spacial score (nSPS) is 16.2. The van der Waals surface area contributed by atoms with Crippen molar-refractivity contribution in [2.24, 2.45) is 11.7 Å². The summed E-state index contributed by atoms with van der Waals surface area (Å²) in [6.07, 6.45) is 8.11. The minimum atomic E-state index is -0.412. The van der Waals surface area contributed by atoms with Gasteiger partial charge in [-0.2, -0.15) is 0 Å². The number of nitrogens with one attached hydrogen (secondary N) is 4. The Bertz CT molecular complexity index is 957. The number of anilines is 1. The molecular formula is C23H31N7O3. The Morgan fingerprint density at radius 2 is 2.06 bits per heavy atom. The monoisotopic (exact) mass is 453 g/mol. The first-order valence-corrected chi connectivity index (χ1v) is 11.0. The van der Waals surface area contributed by atoms with E-state index in [9.17, 15) is 10.0 Å². The van der Waals surface area contributed by atoms with E-state index in [-0.39, 0.29) is 5.70 Å². The van der Waals surface area contributed by atoms with Crippen LogP contribution in [0.25, 0.3) is 5.57 Å². The summed E-state index contributed by atoms with van der Waals surface area (Å²) in [5.41, 5.74) is 9.76. The number of hydrogen-bond donors (Lipinski definition) is 5. The van der Waals surface area contributed by atoms with Crippen molar-refractivity contribution in [3.05, 3.63) is 65.5 Å². The number of nitrogens with two attached hydrogens (primary N) is 1. The fraction of sp³-hybridized carbons (Fsp3) is 0.348. The summed E-state index contributed by atoms with van der Waals surface area (Å²) in [6.45, 7) is 2.80. The molecule has 10 heteroatoms. The molecule has 0 radical (unpaired) electrons. The van der Waals surface area contributed by atoms with Crippen LogP contribution in [0.4, 0.5) is 11.5 Å². The van der Waals surface area contributed by atoms with E-state index in [1.807, 2.05) is 0 Å². The molecule has 0 saturated carbocycles. The fourth-order valence-electron chi connectivity index (χ4n) is 3.55. The summed E-state index contributed by atoms with van der Waals surface area (Å²) in [7, 11) is 1.73. The molecule has 3 rings (SSSR count). The van der Waals surface area contributed by atoms with Gasteiger partial charge in [-0.25, -0.2) is 20.6 Å². The van der Waals surface area contributed by atoms with Gasteiger partial charge in [0.1, 0.15) is 23.6 Å². The zero-order valence-corrected chi connectivity index (χ0v) is 18.7. The van der Waals surface area contributed by atoms with Gasteiger partial charge < -0.3 is 26.3 Å². The Labute approximate surface area is 193 Å². The van der Waals surface area contributed by atoms with Crippen LogP contribution in [0.2, 0.25) is 0 Å². The number of carbonyl (C=O) groups is 1. The first kappa shape index (κ1) is 24.2. The number of benzene rings is 1. The van der Waals surface area contributed by atoms with E-state index in [4.69, 9.17) is 10.5 Å². The van der Waals surface area contributed by atoms with E-state index in [1.165, 1.54) is 31.4 Å². The summed E-state index contributed by atoms with van der Waals surface area (Å²) >= 11 is 0. The van der Waals surface area contributed by atoms with Gasteiger partial charge in [0.15, 0.2) is 12.0 Å². The van der Waals surface area contributed by atoms with Crippen LogP contribution in [-0.2, 0) is 4.79 Å². The van der Waals surface area contributed by atoms with Crippen LogP contribution in [0.15, 0.2) is 54.6 Å². The molecule has 1 aromatic heterocycles. The van der Waals surface area contributed by atoms with Gasteiger partial charge in [0, 0.05) is 37.0 Å². The zero-order chi connectivity index (χ0) is 23.5. The number of ether oxygens (including phenoxy) is 1. The number of hydrogen-bond acceptors (Lipinski definition) is 9. The fourth-order valence-corrected chi connectivity index (χ4v) is 3.55. The lowest BCUT2D eigenvalue weighted by molar-refractivity contribution is -0.822. The Morgan fingerprint density at radius 1 is 1.30 bits per heavy atom. The highest BCUT2D eigenvalue weighted by molar-refractivity contribution is 5.82. The van der Waals surface area contributed by atoms with Crippen LogP contribution in [0, 0.1) is 11.1 Å². The average Bonchev–Trinajstić information content (AvgIpc) is 2.87. The lowest BCUT2D eigenvalue weighted by Crippen LogP contribution is -3.09. The van der Waals surface area contributed by atoms with Crippen LogP contribution >= 0.6 is 0 Å². The number of allylic oxidation sites excluding steroid dienone is 3. The number of aromatic nitrogens is 2. The first-order valence-electron chi connectivity index (χ1n) is 11.0. The van der Waals surface area contributed by atoms with Crippen molar-refractivity contribution in [3.63, 3.8) is 0 Å². The lowest BCUT2D eigenvalue weighted by Gasteiger charge is -2.23. The van der Waals surface area contributed by atoms with E-state index >= 15 is 0 Å². The number of carbonyl (C=O) groups excluding carboxylic acids is 1. The zero-order valence-electron chi connectivity index (χ0n) is 18.7. The average molecular weight is 454 g/mol. The Hall–Kier alpha value is -3.47. The largest absolute Gasteiger partial charge is 0.603 e. The molecule has 1 saturated heterocycles. The van der Waals surface area contributed by atoms with Gasteiger partial charge in [0.25, 0.3) is 0 Å². The van der Waals surface area contributed by atoms with Crippen LogP contribution in [0.3, 0.4) is 0 Å². The Morgan fingerprint density at radius 3 is 2.73 bits per heavy atom. The highest BCUT2D eigenvalue weighted by Gasteiger charge is 2.13. The molecule has 1 atom stereocenters. The summed E-state index contributed by atoms with van der Waals surface area (Å²) in [6, 6.07) is 8.53. The molecule has 1 fully saturated rings. The van der Waals surface area contributed by atoms with Gasteiger partial charge in [-0.05, 0) is 56.5 Å². The summed E-state index contributed by atoms with van der Waals surface area (Å²) in [5, 5.41) is 18.5. The molecule has 33 heavy (non-hydrogen) atoms. The van der Waals surface area contributed by atoms with Crippen LogP contribution in [0.1, 0.15) is 25.0 Å². The van der Waals surface area contributed by atoms with Crippen molar-refractivity contribution in [3.8, 4) is 5.75 Å². The molecule has 1 aliphatic rings. The van der Waals surface area contributed by atoms with Crippen molar-refractivity contribution in [1.29, 1.82) is 0 Å². The second-order valence-corrected chi connectivity index (χ2v) is 7.69. The molecule has 1 unspecified atom stereocenters. The number of piperidine rings is 1. The summed E-state index contributed by atoms with van der Waals surface area (Å²) < 4.78 is 5.82. The maximum atomic E-state index is 12.6. The van der Waals surface area contributed by atoms with Crippen molar-refractivity contribution >= 4 is 23.4 Å². The topological polar surface area (TPSA) is 142 Å². The van der Waals surface area contributed by atoms with E-state index < -0.39 is 5.17 Å². The number of quaternary nitrogens is 1. The maximum absolute atomic E-state index is 12.6. The van der Waals surface area contributed by atoms with Crippen LogP contribution in [-0.4, -0.2) is 43.0 Å². The van der Waals surface area contributed by atoms with Gasteiger partial charge in [-0.3, -0.25) is 4.79 Å². The molecule has 0 bridgehead atoms. The van der Waals surface area contributed by atoms with E-state index in [0.717, 1.165) is 19.5 Å². The van der Waals surface area contributed by atoms with Gasteiger partial charge in [0.05, 0.1) is 12.3 Å². The predicted molar refractivity (Wildman–Crippen MR) is 127 cm³/mol. The number of nitrogens with zero attached hydrogens (tertiary/aromatic N) is 2. The Balaban J connectivity index is 1.57. The lowest BCUT2D eigenvalue weighted by atomic mass is 9.95. The third kappa shape index (κ3) is 7.28. The quantitative estimate of drug-likeness (QED) is 0.145. The summed E-state index contributed by atoms with van der Waals surface area (Å²) in [4.78, 5) is 19.8. The maximum Gasteiger partial charge on any atom is 0.171 e. The van der Waals surface area contributed by atoms with Crippen molar-refractivity contribution < 1.29 is 14.7 Å². The van der Waals surface area contributed by atoms with Gasteiger partial charge in [-0.1, -0.05) is 0 Å². The molecule has 1 aromatic carbocycles. The van der Waals surface area contributed by atoms with Crippen molar-refractivity contribution in [1.82, 2.24) is 20.7 Å². The SMILES string of the molecule is CNc1cc(C(/C=C(\C=O)N[NH+]([O-])c2ccc(OCCC3CCNCC3)cc2)=C/N)ncn1. The van der Waals surface area contributed by atoms with Crippen molar-refractivity contribution in [2.45, 2.75) is 19.3 Å². The number of aldehydes is 1. The van der Waals surface area contributed by atoms with Gasteiger partial charge in [-0.15, -0.1) is 0 Å². The van der Waals surface area contributed by atoms with Crippen LogP contribution < -0.4 is 31.7 Å². The molecule has 1 aliphatic heterocycles. The van der Waals surface area contributed by atoms with Crippen molar-refractivity contribution in [2.75, 3.05) is 32.1 Å². The molecule has 10 nitrogen and oxygen atoms in total. The molecule has 0 aliphatic carbocycles. The van der Waals surface area contributed by atoms with E-state index in [2.05, 4.69) is 26.0 Å². The standard InChI is InChI=1S/C23H31N7O3/c1-25-23-13-22(27-16-28-23)18(14-24)12-19(15-31)29-30(32)20-2-4-21(5-3-20)33-11-8-17-6-9-26-10-7-17/h2-5,12-17,26,29-30H,6-11,24H2,1H3,(H,25,27,28)/b18-14+,19-12+. The third-order valence-electron chi connectivity index (χ3n) is 5.46. The highest BCUT2D eigenvalue weighted by Crippen LogP contribution is 2.18. The predicted octanol–water partition coefficient (Wildman–Crippen LogP) is 0.888. The highest BCUT2D eigenvalue weighted by atomic mass is 16.5. The van der Waals surface area contributed by atoms with Gasteiger partial charge in [0.2, 0.25) is 0 Å². The molecule has 6 N–H and O–H groups in total. The molecule has 2 aromatic rings. The second-order valence-electron chi connectivity index (χ2n) is 7.69. The molecule has 2 heterocycles. The molecular weight excluding hydrogens is 422 g/mol. The minimum Gasteiger partial charge on any atom is -0.603 e. The molecule has 176 valence electrons. The Kier molecular flexibility index (Phi) is 9.19. The van der Waals surface area contributed by atoms with Crippen LogP contribution in [0.5, 0.6) is 5.75 Å². The van der Waals surface area contributed by atoms with Gasteiger partial charge >= 0.3 is 0 Å². The third-order valence-corrected chi connectivity index (χ3v) is 5.46. The number of rotatable bonds is 11. The van der Waals surface area contributed by atoms with E-state index in [0.29, 0.717) is 47.3 Å². The van der Waals surface area contributed by atoms with E-state index in [1.54, 1.807) is 37.4 Å². The first-order chi connectivity index (χ1) is 16.1. The smallest absolute Gasteiger partial charge is 0.171 e.